The van der Waals surface area contributed by atoms with E-state index in [9.17, 15) is 4.79 Å². The lowest BCUT2D eigenvalue weighted by Crippen LogP contribution is -2.49. The normalized spacial score (nSPS) is 20.9. The Labute approximate surface area is 164 Å². The van der Waals surface area contributed by atoms with E-state index in [1.807, 2.05) is 0 Å². The molecule has 150 valence electrons. The molecule has 5 heteroatoms. The zero-order valence-electron chi connectivity index (χ0n) is 17.3. The molecule has 3 heterocycles. The number of aryl methyl sites for hydroxylation is 1. The lowest BCUT2D eigenvalue weighted by Gasteiger charge is -2.41. The minimum atomic E-state index is 0.215. The summed E-state index contributed by atoms with van der Waals surface area (Å²) >= 11 is 0. The first-order valence-corrected chi connectivity index (χ1v) is 10.7. The number of hydrogen-bond donors (Lipinski definition) is 1. The number of pyridine rings is 1. The first-order valence-electron chi connectivity index (χ1n) is 10.7. The van der Waals surface area contributed by atoms with E-state index in [0.29, 0.717) is 12.0 Å². The molecule has 0 atom stereocenters. The third kappa shape index (κ3) is 6.01. The van der Waals surface area contributed by atoms with Crippen LogP contribution in [0.2, 0.25) is 0 Å². The maximum atomic E-state index is 12.3. The van der Waals surface area contributed by atoms with Gasteiger partial charge < -0.3 is 10.2 Å². The van der Waals surface area contributed by atoms with E-state index in [-0.39, 0.29) is 11.8 Å². The molecule has 1 amide bonds. The number of piperidine rings is 2. The number of amides is 1. The predicted molar refractivity (Wildman–Crippen MR) is 109 cm³/mol. The fraction of sp³-hybridized carbons (Fsp3) is 0.727. The van der Waals surface area contributed by atoms with Crippen molar-refractivity contribution in [2.75, 3.05) is 32.7 Å². The number of carbonyl (C=O) groups excluding carboxylic acids is 1. The lowest BCUT2D eigenvalue weighted by atomic mass is 9.92. The molecule has 1 aromatic heterocycles. The minimum Gasteiger partial charge on any atom is -0.356 e. The molecule has 0 aliphatic carbocycles. The van der Waals surface area contributed by atoms with Crippen LogP contribution in [-0.4, -0.2) is 59.5 Å². The summed E-state index contributed by atoms with van der Waals surface area (Å²) in [7, 11) is 0. The maximum Gasteiger partial charge on any atom is 0.223 e. The first-order chi connectivity index (χ1) is 13.0. The maximum absolute atomic E-state index is 12.3. The Morgan fingerprint density at radius 3 is 2.48 bits per heavy atom. The van der Waals surface area contributed by atoms with E-state index in [2.05, 4.69) is 59.1 Å². The van der Waals surface area contributed by atoms with E-state index in [1.54, 1.807) is 0 Å². The summed E-state index contributed by atoms with van der Waals surface area (Å²) in [6, 6.07) is 6.98. The molecule has 1 aromatic rings. The summed E-state index contributed by atoms with van der Waals surface area (Å²) in [5.74, 6) is 1.01. The molecule has 27 heavy (non-hydrogen) atoms. The van der Waals surface area contributed by atoms with Crippen molar-refractivity contribution in [1.29, 1.82) is 0 Å². The number of nitrogens with zero attached hydrogens (tertiary/aromatic N) is 3. The second-order valence-electron chi connectivity index (χ2n) is 8.73. The van der Waals surface area contributed by atoms with Crippen molar-refractivity contribution in [3.05, 3.63) is 29.6 Å². The highest BCUT2D eigenvalue weighted by Gasteiger charge is 2.30. The highest BCUT2D eigenvalue weighted by molar-refractivity contribution is 5.78. The Morgan fingerprint density at radius 2 is 1.85 bits per heavy atom. The van der Waals surface area contributed by atoms with Gasteiger partial charge in [-0.05, 0) is 63.7 Å². The fourth-order valence-corrected chi connectivity index (χ4v) is 4.34. The Morgan fingerprint density at radius 1 is 1.15 bits per heavy atom. The summed E-state index contributed by atoms with van der Waals surface area (Å²) in [6.45, 7) is 12.6. The van der Waals surface area contributed by atoms with Crippen molar-refractivity contribution in [3.8, 4) is 0 Å². The smallest absolute Gasteiger partial charge is 0.223 e. The van der Waals surface area contributed by atoms with Crippen LogP contribution in [0, 0.1) is 18.8 Å². The quantitative estimate of drug-likeness (QED) is 0.834. The largest absolute Gasteiger partial charge is 0.356 e. The number of likely N-dealkylation sites (tertiary alicyclic amines) is 2. The fourth-order valence-electron chi connectivity index (χ4n) is 4.34. The van der Waals surface area contributed by atoms with E-state index < -0.39 is 0 Å². The monoisotopic (exact) mass is 372 g/mol. The van der Waals surface area contributed by atoms with Crippen molar-refractivity contribution in [3.63, 3.8) is 0 Å². The SMILES string of the molecule is Cc1cccc(CN2CCC(N3CCC(C(=O)NCC(C)C)CC3)CC2)n1. The summed E-state index contributed by atoms with van der Waals surface area (Å²) in [6.07, 6.45) is 4.49. The van der Waals surface area contributed by atoms with E-state index in [4.69, 9.17) is 0 Å². The predicted octanol–water partition coefficient (Wildman–Crippen LogP) is 2.84. The van der Waals surface area contributed by atoms with Gasteiger partial charge in [0.15, 0.2) is 0 Å². The van der Waals surface area contributed by atoms with Gasteiger partial charge in [0.2, 0.25) is 5.91 Å². The minimum absolute atomic E-state index is 0.215. The second-order valence-corrected chi connectivity index (χ2v) is 8.73. The molecule has 2 saturated heterocycles. The average Bonchev–Trinajstić information content (AvgIpc) is 2.67. The zero-order valence-corrected chi connectivity index (χ0v) is 17.3. The van der Waals surface area contributed by atoms with Gasteiger partial charge in [0, 0.05) is 43.8 Å². The highest BCUT2D eigenvalue weighted by atomic mass is 16.1. The lowest BCUT2D eigenvalue weighted by molar-refractivity contribution is -0.126. The number of aromatic nitrogens is 1. The Bertz CT molecular complexity index is 602. The van der Waals surface area contributed by atoms with E-state index in [0.717, 1.165) is 57.8 Å². The van der Waals surface area contributed by atoms with Gasteiger partial charge in [-0.3, -0.25) is 14.7 Å². The third-order valence-electron chi connectivity index (χ3n) is 5.99. The van der Waals surface area contributed by atoms with E-state index in [1.165, 1.54) is 18.5 Å². The van der Waals surface area contributed by atoms with Gasteiger partial charge in [0.1, 0.15) is 0 Å². The van der Waals surface area contributed by atoms with Gasteiger partial charge in [-0.1, -0.05) is 19.9 Å². The van der Waals surface area contributed by atoms with Crippen LogP contribution in [0.15, 0.2) is 18.2 Å². The van der Waals surface area contributed by atoms with Gasteiger partial charge in [-0.25, -0.2) is 0 Å². The molecular formula is C22H36N4O. The molecule has 0 aromatic carbocycles. The van der Waals surface area contributed by atoms with Crippen molar-refractivity contribution in [2.45, 2.75) is 59.0 Å². The summed E-state index contributed by atoms with van der Waals surface area (Å²) in [4.78, 5) is 22.1. The van der Waals surface area contributed by atoms with Crippen LogP contribution in [0.1, 0.15) is 50.9 Å². The molecule has 3 rings (SSSR count). The third-order valence-corrected chi connectivity index (χ3v) is 5.99. The Balaban J connectivity index is 1.39. The van der Waals surface area contributed by atoms with Gasteiger partial charge in [0.05, 0.1) is 5.69 Å². The van der Waals surface area contributed by atoms with Crippen molar-refractivity contribution >= 4 is 5.91 Å². The Kier molecular flexibility index (Phi) is 7.25. The standard InChI is InChI=1S/C22H36N4O/c1-17(2)15-23-22(27)19-7-13-26(14-8-19)21-9-11-25(12-10-21)16-20-6-4-5-18(3)24-20/h4-6,17,19,21H,7-16H2,1-3H3,(H,23,27). The van der Waals surface area contributed by atoms with Crippen molar-refractivity contribution in [1.82, 2.24) is 20.1 Å². The number of nitrogens with one attached hydrogen (secondary N) is 1. The van der Waals surface area contributed by atoms with Crippen LogP contribution >= 0.6 is 0 Å². The molecule has 0 spiro atoms. The zero-order chi connectivity index (χ0) is 19.2. The average molecular weight is 373 g/mol. The van der Waals surface area contributed by atoms with Crippen LogP contribution in [0.25, 0.3) is 0 Å². The molecule has 2 fully saturated rings. The Hall–Kier alpha value is -1.46. The summed E-state index contributed by atoms with van der Waals surface area (Å²) in [5.41, 5.74) is 2.28. The highest BCUT2D eigenvalue weighted by Crippen LogP contribution is 2.24. The van der Waals surface area contributed by atoms with Gasteiger partial charge >= 0.3 is 0 Å². The molecule has 0 unspecified atom stereocenters. The molecule has 2 aliphatic rings. The molecule has 0 saturated carbocycles. The molecule has 2 aliphatic heterocycles. The van der Waals surface area contributed by atoms with Gasteiger partial charge in [-0.2, -0.15) is 0 Å². The molecule has 0 radical (unpaired) electrons. The van der Waals surface area contributed by atoms with Crippen LogP contribution < -0.4 is 5.32 Å². The molecule has 0 bridgehead atoms. The summed E-state index contributed by atoms with van der Waals surface area (Å²) < 4.78 is 0. The summed E-state index contributed by atoms with van der Waals surface area (Å²) in [5, 5.41) is 3.11. The number of carbonyl (C=O) groups is 1. The van der Waals surface area contributed by atoms with Crippen molar-refractivity contribution < 1.29 is 4.79 Å². The topological polar surface area (TPSA) is 48.5 Å². The van der Waals surface area contributed by atoms with Gasteiger partial charge in [-0.15, -0.1) is 0 Å². The molecular weight excluding hydrogens is 336 g/mol. The molecule has 5 nitrogen and oxygen atoms in total. The van der Waals surface area contributed by atoms with E-state index >= 15 is 0 Å². The number of hydrogen-bond acceptors (Lipinski definition) is 4. The van der Waals surface area contributed by atoms with Crippen LogP contribution in [0.5, 0.6) is 0 Å². The van der Waals surface area contributed by atoms with Gasteiger partial charge in [0.25, 0.3) is 0 Å². The van der Waals surface area contributed by atoms with Crippen LogP contribution in [0.4, 0.5) is 0 Å². The first kappa shape index (κ1) is 20.3. The van der Waals surface area contributed by atoms with Crippen LogP contribution in [0.3, 0.4) is 0 Å². The van der Waals surface area contributed by atoms with Crippen molar-refractivity contribution in [2.24, 2.45) is 11.8 Å². The molecule has 1 N–H and O–H groups in total. The second kappa shape index (κ2) is 9.65. The van der Waals surface area contributed by atoms with Crippen LogP contribution in [-0.2, 0) is 11.3 Å². The number of rotatable bonds is 6.